The molecular formula is C23H24N4O4S. The number of sulfonamides is 1. The van der Waals surface area contributed by atoms with Crippen molar-refractivity contribution in [3.8, 4) is 17.0 Å². The number of aliphatic hydroxyl groups is 1. The van der Waals surface area contributed by atoms with Crippen LogP contribution < -0.4 is 14.8 Å². The Bertz CT molecular complexity index is 1340. The van der Waals surface area contributed by atoms with Crippen LogP contribution in [0.25, 0.3) is 22.2 Å². The highest BCUT2D eigenvalue weighted by Crippen LogP contribution is 2.31. The normalized spacial score (nSPS) is 12.5. The summed E-state index contributed by atoms with van der Waals surface area (Å²) in [6.07, 6.45) is 3.65. The van der Waals surface area contributed by atoms with E-state index in [4.69, 9.17) is 4.74 Å². The second-order valence-corrected chi connectivity index (χ2v) is 9.25. The van der Waals surface area contributed by atoms with E-state index in [2.05, 4.69) is 26.9 Å². The first-order valence-electron chi connectivity index (χ1n) is 9.96. The van der Waals surface area contributed by atoms with Crippen LogP contribution in [0.15, 0.2) is 67.0 Å². The summed E-state index contributed by atoms with van der Waals surface area (Å²) < 4.78 is 30.9. The molecule has 2 aromatic carbocycles. The maximum Gasteiger partial charge on any atom is 0.229 e. The van der Waals surface area contributed by atoms with Gasteiger partial charge in [0, 0.05) is 40.6 Å². The van der Waals surface area contributed by atoms with Crippen molar-refractivity contribution in [1.82, 2.24) is 9.97 Å². The Morgan fingerprint density at radius 3 is 2.69 bits per heavy atom. The number of nitrogens with zero attached hydrogens (tertiary/aromatic N) is 1. The van der Waals surface area contributed by atoms with E-state index in [-0.39, 0.29) is 6.61 Å². The number of aromatic nitrogens is 2. The number of aliphatic hydroxyl groups excluding tert-OH is 1. The molecule has 4 aromatic rings. The standard InChI is InChI=1S/C23H24N4O4S/c1-15-20-9-8-19(12-21(20)26-23(15)16-5-4-10-24-13-16)31-14-22(28)25-17-6-3-7-18(11-17)27-32(2,29)30/h3-13,22,25-28H,14H2,1-2H3/t22-/m1/s1. The van der Waals surface area contributed by atoms with Gasteiger partial charge in [-0.3, -0.25) is 9.71 Å². The fraction of sp³-hybridized carbons (Fsp3) is 0.174. The molecule has 0 unspecified atom stereocenters. The van der Waals surface area contributed by atoms with Crippen molar-refractivity contribution >= 4 is 32.3 Å². The molecule has 4 rings (SSSR count). The minimum absolute atomic E-state index is 0.00436. The molecule has 0 spiro atoms. The fourth-order valence-corrected chi connectivity index (χ4v) is 4.06. The van der Waals surface area contributed by atoms with E-state index in [1.54, 1.807) is 30.5 Å². The Morgan fingerprint density at radius 1 is 1.12 bits per heavy atom. The number of pyridine rings is 1. The number of benzene rings is 2. The highest BCUT2D eigenvalue weighted by molar-refractivity contribution is 7.92. The minimum Gasteiger partial charge on any atom is -0.489 e. The lowest BCUT2D eigenvalue weighted by Crippen LogP contribution is -2.26. The van der Waals surface area contributed by atoms with Gasteiger partial charge in [0.1, 0.15) is 12.4 Å². The van der Waals surface area contributed by atoms with Crippen LogP contribution in [-0.2, 0) is 10.0 Å². The SMILES string of the molecule is Cc1c(-c2cccnc2)[nH]c2cc(OC[C@@H](O)Nc3cccc(NS(C)(=O)=O)c3)ccc12. The van der Waals surface area contributed by atoms with Crippen molar-refractivity contribution < 1.29 is 18.3 Å². The number of hydrogen-bond donors (Lipinski definition) is 4. The van der Waals surface area contributed by atoms with Gasteiger partial charge in [0.2, 0.25) is 10.0 Å². The van der Waals surface area contributed by atoms with E-state index < -0.39 is 16.3 Å². The Kier molecular flexibility index (Phi) is 6.02. The number of fused-ring (bicyclic) bond motifs is 1. The summed E-state index contributed by atoms with van der Waals surface area (Å²) >= 11 is 0. The smallest absolute Gasteiger partial charge is 0.229 e. The van der Waals surface area contributed by atoms with Crippen LogP contribution >= 0.6 is 0 Å². The van der Waals surface area contributed by atoms with Crippen molar-refractivity contribution in [3.05, 3.63) is 72.6 Å². The lowest BCUT2D eigenvalue weighted by atomic mass is 10.1. The third kappa shape index (κ3) is 5.19. The summed E-state index contributed by atoms with van der Waals surface area (Å²) in [6.45, 7) is 2.06. The first kappa shape index (κ1) is 21.7. The van der Waals surface area contributed by atoms with Crippen LogP contribution in [0.4, 0.5) is 11.4 Å². The van der Waals surface area contributed by atoms with Gasteiger partial charge in [0.05, 0.1) is 17.6 Å². The molecule has 32 heavy (non-hydrogen) atoms. The van der Waals surface area contributed by atoms with Gasteiger partial charge >= 0.3 is 0 Å². The molecule has 2 heterocycles. The van der Waals surface area contributed by atoms with E-state index in [1.165, 1.54) is 0 Å². The van der Waals surface area contributed by atoms with E-state index in [1.807, 2.05) is 36.5 Å². The molecule has 166 valence electrons. The summed E-state index contributed by atoms with van der Waals surface area (Å²) in [6, 6.07) is 16.3. The highest BCUT2D eigenvalue weighted by atomic mass is 32.2. The minimum atomic E-state index is -3.38. The van der Waals surface area contributed by atoms with Gasteiger partial charge in [0.25, 0.3) is 0 Å². The number of nitrogens with one attached hydrogen (secondary N) is 3. The molecule has 0 fully saturated rings. The summed E-state index contributed by atoms with van der Waals surface area (Å²) in [4.78, 5) is 7.60. The molecule has 2 aromatic heterocycles. The van der Waals surface area contributed by atoms with Crippen LogP contribution in [-0.4, -0.2) is 42.6 Å². The molecule has 0 aliphatic heterocycles. The quantitative estimate of drug-likeness (QED) is 0.303. The van der Waals surface area contributed by atoms with Gasteiger partial charge in [-0.2, -0.15) is 0 Å². The number of aromatic amines is 1. The third-order valence-corrected chi connectivity index (χ3v) is 5.49. The average molecular weight is 453 g/mol. The van der Waals surface area contributed by atoms with Crippen molar-refractivity contribution in [2.24, 2.45) is 0 Å². The van der Waals surface area contributed by atoms with Crippen molar-refractivity contribution in [2.45, 2.75) is 13.2 Å². The van der Waals surface area contributed by atoms with Gasteiger partial charge in [-0.15, -0.1) is 0 Å². The Labute approximate surface area is 186 Å². The molecule has 0 radical (unpaired) electrons. The maximum absolute atomic E-state index is 11.4. The topological polar surface area (TPSA) is 116 Å². The number of hydrogen-bond acceptors (Lipinski definition) is 6. The molecular weight excluding hydrogens is 428 g/mol. The summed E-state index contributed by atoms with van der Waals surface area (Å²) in [7, 11) is -3.38. The lowest BCUT2D eigenvalue weighted by molar-refractivity contribution is 0.129. The summed E-state index contributed by atoms with van der Waals surface area (Å²) in [5.41, 5.74) is 5.05. The monoisotopic (exact) mass is 452 g/mol. The molecule has 0 saturated carbocycles. The van der Waals surface area contributed by atoms with E-state index in [9.17, 15) is 13.5 Å². The summed E-state index contributed by atoms with van der Waals surface area (Å²) in [5, 5.41) is 14.3. The van der Waals surface area contributed by atoms with Crippen molar-refractivity contribution in [3.63, 3.8) is 0 Å². The van der Waals surface area contributed by atoms with Gasteiger partial charge in [-0.1, -0.05) is 6.07 Å². The van der Waals surface area contributed by atoms with Crippen molar-refractivity contribution in [1.29, 1.82) is 0 Å². The Balaban J connectivity index is 1.42. The van der Waals surface area contributed by atoms with Crippen LogP contribution in [0.2, 0.25) is 0 Å². The predicted octanol–water partition coefficient (Wildman–Crippen LogP) is 3.72. The Hall–Kier alpha value is -3.56. The molecule has 4 N–H and O–H groups in total. The lowest BCUT2D eigenvalue weighted by Gasteiger charge is -2.16. The van der Waals surface area contributed by atoms with Crippen LogP contribution in [0.5, 0.6) is 5.75 Å². The number of rotatable bonds is 8. The summed E-state index contributed by atoms with van der Waals surface area (Å²) in [5.74, 6) is 0.616. The zero-order valence-electron chi connectivity index (χ0n) is 17.7. The maximum atomic E-state index is 11.4. The van der Waals surface area contributed by atoms with Gasteiger partial charge < -0.3 is 20.1 Å². The largest absolute Gasteiger partial charge is 0.489 e. The van der Waals surface area contributed by atoms with Crippen molar-refractivity contribution in [2.75, 3.05) is 22.9 Å². The second kappa shape index (κ2) is 8.89. The number of anilines is 2. The Morgan fingerprint density at radius 2 is 1.94 bits per heavy atom. The van der Waals surface area contributed by atoms with Gasteiger partial charge in [-0.25, -0.2) is 8.42 Å². The first-order valence-corrected chi connectivity index (χ1v) is 11.9. The molecule has 0 saturated heterocycles. The van der Waals surface area contributed by atoms with E-state index in [0.717, 1.165) is 34.0 Å². The zero-order valence-corrected chi connectivity index (χ0v) is 18.5. The molecule has 9 heteroatoms. The predicted molar refractivity (Wildman–Crippen MR) is 126 cm³/mol. The van der Waals surface area contributed by atoms with Crippen LogP contribution in [0, 0.1) is 6.92 Å². The third-order valence-electron chi connectivity index (χ3n) is 4.89. The highest BCUT2D eigenvalue weighted by Gasteiger charge is 2.12. The fourth-order valence-electron chi connectivity index (χ4n) is 3.50. The molecule has 8 nitrogen and oxygen atoms in total. The molecule has 0 aliphatic carbocycles. The van der Waals surface area contributed by atoms with Crippen LogP contribution in [0.3, 0.4) is 0 Å². The first-order chi connectivity index (χ1) is 15.3. The van der Waals surface area contributed by atoms with E-state index in [0.29, 0.717) is 17.1 Å². The second-order valence-electron chi connectivity index (χ2n) is 7.50. The molecule has 0 amide bonds. The molecule has 1 atom stereocenters. The van der Waals surface area contributed by atoms with E-state index >= 15 is 0 Å². The van der Waals surface area contributed by atoms with Gasteiger partial charge in [-0.05, 0) is 55.0 Å². The average Bonchev–Trinajstić information content (AvgIpc) is 3.08. The zero-order chi connectivity index (χ0) is 22.7. The van der Waals surface area contributed by atoms with Crippen LogP contribution in [0.1, 0.15) is 5.56 Å². The van der Waals surface area contributed by atoms with Gasteiger partial charge in [0.15, 0.2) is 6.23 Å². The number of aryl methyl sites for hydroxylation is 1. The number of H-pyrrole nitrogens is 1. The molecule has 0 aliphatic rings. The molecule has 0 bridgehead atoms. The number of ether oxygens (including phenoxy) is 1.